The predicted octanol–water partition coefficient (Wildman–Crippen LogP) is 5.43. The number of amides is 1. The van der Waals surface area contributed by atoms with Gasteiger partial charge < -0.3 is 10.1 Å². The Morgan fingerprint density at radius 2 is 1.80 bits per heavy atom. The number of hydrogen-bond donors (Lipinski definition) is 1. The SMILES string of the molecule is CCOc1ccc(NC(=O)CSc2nccc(-c3ccc4ccccc4c3)n2)cc1. The van der Waals surface area contributed by atoms with Crippen LogP contribution in [0.5, 0.6) is 5.75 Å². The van der Waals surface area contributed by atoms with Crippen LogP contribution in [0.3, 0.4) is 0 Å². The second-order valence-electron chi connectivity index (χ2n) is 6.58. The molecule has 0 unspecified atom stereocenters. The van der Waals surface area contributed by atoms with Gasteiger partial charge in [-0.3, -0.25) is 4.79 Å². The lowest BCUT2D eigenvalue weighted by molar-refractivity contribution is -0.113. The minimum atomic E-state index is -0.108. The maximum atomic E-state index is 12.3. The number of nitrogens with one attached hydrogen (secondary N) is 1. The monoisotopic (exact) mass is 415 g/mol. The molecule has 4 aromatic rings. The van der Waals surface area contributed by atoms with Gasteiger partial charge in [0.2, 0.25) is 5.91 Å². The van der Waals surface area contributed by atoms with Gasteiger partial charge in [0.25, 0.3) is 0 Å². The van der Waals surface area contributed by atoms with Crippen molar-refractivity contribution >= 4 is 34.1 Å². The average molecular weight is 416 g/mol. The Labute approximate surface area is 179 Å². The summed E-state index contributed by atoms with van der Waals surface area (Å²) in [6.07, 6.45) is 1.73. The van der Waals surface area contributed by atoms with E-state index >= 15 is 0 Å². The van der Waals surface area contributed by atoms with Crippen LogP contribution in [0.4, 0.5) is 5.69 Å². The van der Waals surface area contributed by atoms with E-state index in [9.17, 15) is 4.79 Å². The number of hydrogen-bond acceptors (Lipinski definition) is 5. The Kier molecular flexibility index (Phi) is 6.25. The third-order valence-electron chi connectivity index (χ3n) is 4.46. The highest BCUT2D eigenvalue weighted by atomic mass is 32.2. The van der Waals surface area contributed by atoms with Crippen LogP contribution in [0, 0.1) is 0 Å². The number of rotatable bonds is 7. The minimum absolute atomic E-state index is 0.108. The molecule has 4 rings (SSSR count). The number of anilines is 1. The van der Waals surface area contributed by atoms with Crippen LogP contribution in [-0.2, 0) is 4.79 Å². The van der Waals surface area contributed by atoms with Gasteiger partial charge in [-0.05, 0) is 54.1 Å². The second-order valence-corrected chi connectivity index (χ2v) is 7.52. The molecule has 6 heteroatoms. The quantitative estimate of drug-likeness (QED) is 0.322. The molecule has 0 fully saturated rings. The standard InChI is InChI=1S/C24H21N3O2S/c1-2-29-21-11-9-20(10-12-21)26-23(28)16-30-24-25-14-13-22(27-24)19-8-7-17-5-3-4-6-18(17)15-19/h3-15H,2,16H2,1H3,(H,26,28). The summed E-state index contributed by atoms with van der Waals surface area (Å²) < 4.78 is 5.41. The summed E-state index contributed by atoms with van der Waals surface area (Å²) in [5.74, 6) is 0.904. The molecule has 0 atom stereocenters. The molecule has 0 aliphatic heterocycles. The van der Waals surface area contributed by atoms with E-state index in [1.807, 2.05) is 49.4 Å². The molecule has 0 aliphatic carbocycles. The molecule has 0 spiro atoms. The van der Waals surface area contributed by atoms with Gasteiger partial charge in [0.15, 0.2) is 5.16 Å². The van der Waals surface area contributed by atoms with Gasteiger partial charge >= 0.3 is 0 Å². The summed E-state index contributed by atoms with van der Waals surface area (Å²) in [6, 6.07) is 23.7. The van der Waals surface area contributed by atoms with E-state index < -0.39 is 0 Å². The molecule has 1 heterocycles. The van der Waals surface area contributed by atoms with Gasteiger partial charge in [-0.2, -0.15) is 0 Å². The van der Waals surface area contributed by atoms with E-state index in [0.29, 0.717) is 11.8 Å². The molecule has 150 valence electrons. The number of aromatic nitrogens is 2. The average Bonchev–Trinajstić information content (AvgIpc) is 2.79. The third kappa shape index (κ3) is 4.96. The Hall–Kier alpha value is -3.38. The van der Waals surface area contributed by atoms with Gasteiger partial charge in [0.05, 0.1) is 18.1 Å². The van der Waals surface area contributed by atoms with E-state index in [-0.39, 0.29) is 11.7 Å². The summed E-state index contributed by atoms with van der Waals surface area (Å²) >= 11 is 1.31. The molecular weight excluding hydrogens is 394 g/mol. The lowest BCUT2D eigenvalue weighted by Crippen LogP contribution is -2.14. The molecule has 3 aromatic carbocycles. The van der Waals surface area contributed by atoms with Crippen LogP contribution in [-0.4, -0.2) is 28.2 Å². The molecule has 1 aromatic heterocycles. The van der Waals surface area contributed by atoms with Crippen molar-refractivity contribution in [3.63, 3.8) is 0 Å². The van der Waals surface area contributed by atoms with Gasteiger partial charge in [0, 0.05) is 17.4 Å². The van der Waals surface area contributed by atoms with Crippen molar-refractivity contribution in [3.05, 3.63) is 79.0 Å². The summed E-state index contributed by atoms with van der Waals surface area (Å²) in [5, 5.41) is 5.80. The molecule has 1 amide bonds. The van der Waals surface area contributed by atoms with Crippen LogP contribution < -0.4 is 10.1 Å². The van der Waals surface area contributed by atoms with Crippen molar-refractivity contribution in [3.8, 4) is 17.0 Å². The van der Waals surface area contributed by atoms with Crippen LogP contribution in [0.15, 0.2) is 84.1 Å². The highest BCUT2D eigenvalue weighted by molar-refractivity contribution is 7.99. The zero-order valence-corrected chi connectivity index (χ0v) is 17.4. The van der Waals surface area contributed by atoms with Gasteiger partial charge in [-0.15, -0.1) is 0 Å². The zero-order chi connectivity index (χ0) is 20.8. The van der Waals surface area contributed by atoms with Crippen molar-refractivity contribution in [1.82, 2.24) is 9.97 Å². The number of nitrogens with zero attached hydrogens (tertiary/aromatic N) is 2. The molecule has 0 aliphatic rings. The number of fused-ring (bicyclic) bond motifs is 1. The van der Waals surface area contributed by atoms with Gasteiger partial charge in [-0.1, -0.05) is 48.2 Å². The lowest BCUT2D eigenvalue weighted by atomic mass is 10.1. The van der Waals surface area contributed by atoms with Crippen LogP contribution in [0.25, 0.3) is 22.0 Å². The summed E-state index contributed by atoms with van der Waals surface area (Å²) in [4.78, 5) is 21.2. The van der Waals surface area contributed by atoms with Gasteiger partial charge in [-0.25, -0.2) is 9.97 Å². The van der Waals surface area contributed by atoms with Crippen LogP contribution in [0.2, 0.25) is 0 Å². The Bertz CT molecular complexity index is 1160. The first-order valence-electron chi connectivity index (χ1n) is 9.69. The maximum Gasteiger partial charge on any atom is 0.234 e. The second kappa shape index (κ2) is 9.41. The van der Waals surface area contributed by atoms with Gasteiger partial charge in [0.1, 0.15) is 5.75 Å². The summed E-state index contributed by atoms with van der Waals surface area (Å²) in [5.41, 5.74) is 2.59. The topological polar surface area (TPSA) is 64.1 Å². The predicted molar refractivity (Wildman–Crippen MR) is 122 cm³/mol. The van der Waals surface area contributed by atoms with Crippen LogP contribution >= 0.6 is 11.8 Å². The number of carbonyl (C=O) groups excluding carboxylic acids is 1. The first-order chi connectivity index (χ1) is 14.7. The van der Waals surface area contributed by atoms with Crippen molar-refractivity contribution in [2.24, 2.45) is 0 Å². The molecule has 5 nitrogen and oxygen atoms in total. The minimum Gasteiger partial charge on any atom is -0.494 e. The highest BCUT2D eigenvalue weighted by Crippen LogP contribution is 2.24. The van der Waals surface area contributed by atoms with E-state index in [1.165, 1.54) is 17.1 Å². The van der Waals surface area contributed by atoms with Crippen molar-refractivity contribution < 1.29 is 9.53 Å². The van der Waals surface area contributed by atoms with E-state index in [4.69, 9.17) is 4.74 Å². The van der Waals surface area contributed by atoms with Crippen molar-refractivity contribution in [1.29, 1.82) is 0 Å². The number of carbonyl (C=O) groups is 1. The van der Waals surface area contributed by atoms with E-state index in [1.54, 1.807) is 6.20 Å². The molecule has 0 saturated carbocycles. The van der Waals surface area contributed by atoms with E-state index in [2.05, 4.69) is 45.6 Å². The Morgan fingerprint density at radius 3 is 2.60 bits per heavy atom. The first kappa shape index (κ1) is 19.9. The molecular formula is C24H21N3O2S. The zero-order valence-electron chi connectivity index (χ0n) is 16.5. The number of thioether (sulfide) groups is 1. The first-order valence-corrected chi connectivity index (χ1v) is 10.7. The van der Waals surface area contributed by atoms with Crippen molar-refractivity contribution in [2.45, 2.75) is 12.1 Å². The highest BCUT2D eigenvalue weighted by Gasteiger charge is 2.08. The Morgan fingerprint density at radius 1 is 1.00 bits per heavy atom. The Balaban J connectivity index is 1.39. The molecule has 30 heavy (non-hydrogen) atoms. The van der Waals surface area contributed by atoms with Crippen molar-refractivity contribution in [2.75, 3.05) is 17.7 Å². The maximum absolute atomic E-state index is 12.3. The molecule has 0 radical (unpaired) electrons. The molecule has 1 N–H and O–H groups in total. The molecule has 0 bridgehead atoms. The van der Waals surface area contributed by atoms with E-state index in [0.717, 1.165) is 28.1 Å². The number of benzene rings is 3. The summed E-state index contributed by atoms with van der Waals surface area (Å²) in [7, 11) is 0. The van der Waals surface area contributed by atoms with Crippen LogP contribution in [0.1, 0.15) is 6.92 Å². The molecule has 0 saturated heterocycles. The third-order valence-corrected chi connectivity index (χ3v) is 5.32. The largest absolute Gasteiger partial charge is 0.494 e. The smallest absolute Gasteiger partial charge is 0.234 e. The fourth-order valence-electron chi connectivity index (χ4n) is 3.05. The fraction of sp³-hybridized carbons (Fsp3) is 0.125. The normalized spacial score (nSPS) is 10.7. The summed E-state index contributed by atoms with van der Waals surface area (Å²) in [6.45, 7) is 2.55. The number of ether oxygens (including phenoxy) is 1. The fourth-order valence-corrected chi connectivity index (χ4v) is 3.68. The lowest BCUT2D eigenvalue weighted by Gasteiger charge is -2.07.